The van der Waals surface area contributed by atoms with Crippen molar-refractivity contribution in [3.63, 3.8) is 0 Å². The summed E-state index contributed by atoms with van der Waals surface area (Å²) in [4.78, 5) is 26.5. The Bertz CT molecular complexity index is 308. The minimum Gasteiger partial charge on any atom is -0.518 e. The average Bonchev–Trinajstić information content (AvgIpc) is 2.07. The summed E-state index contributed by atoms with van der Waals surface area (Å²) in [7, 11) is -3.60. The molecule has 18 heavy (non-hydrogen) atoms. The summed E-state index contributed by atoms with van der Waals surface area (Å²) in [5.74, 6) is -0.331. The smallest absolute Gasteiger partial charge is 0.315 e. The van der Waals surface area contributed by atoms with Gasteiger partial charge in [0.05, 0.1) is 0 Å². The Balaban J connectivity index is 4.44. The van der Waals surface area contributed by atoms with E-state index in [0.29, 0.717) is 6.42 Å². The van der Waals surface area contributed by atoms with Crippen molar-refractivity contribution < 1.29 is 14.0 Å². The van der Waals surface area contributed by atoms with Gasteiger partial charge in [0.25, 0.3) is 0 Å². The molecule has 0 aromatic rings. The molecule has 7 heteroatoms. The summed E-state index contributed by atoms with van der Waals surface area (Å²) < 4.78 is 5.39. The molecule has 0 bridgehead atoms. The molecule has 1 unspecified atom stereocenters. The highest BCUT2D eigenvalue weighted by molar-refractivity contribution is 6.75. The number of nitrogens with one attached hydrogen (secondary N) is 2. The zero-order valence-electron chi connectivity index (χ0n) is 12.5. The lowest BCUT2D eigenvalue weighted by atomic mass is 10.2. The Morgan fingerprint density at radius 2 is 1.61 bits per heavy atom. The Hall–Kier alpha value is -0.826. The van der Waals surface area contributed by atoms with Crippen molar-refractivity contribution in [1.29, 1.82) is 0 Å². The molecule has 0 fully saturated rings. The highest BCUT2D eigenvalue weighted by Gasteiger charge is 2.27. The SMILES string of the molecule is CCC(NC(=O)N[Si](C)(C)C)C(=O)O[Si](C)(C)C. The van der Waals surface area contributed by atoms with Gasteiger partial charge >= 0.3 is 12.0 Å². The summed E-state index contributed by atoms with van der Waals surface area (Å²) >= 11 is 0. The molecule has 0 aromatic carbocycles. The standard InChI is InChI=1S/C11H26N2O3Si2/c1-8-9(10(14)16-18(5,6)7)12-11(15)13-17(2,3)4/h9H,8H2,1-7H3,(H2,12,13,15). The maximum atomic E-state index is 11.9. The quantitative estimate of drug-likeness (QED) is 0.763. The summed E-state index contributed by atoms with van der Waals surface area (Å²) in [5.41, 5.74) is 0. The maximum Gasteiger partial charge on any atom is 0.315 e. The maximum absolute atomic E-state index is 11.9. The van der Waals surface area contributed by atoms with Crippen LogP contribution < -0.4 is 10.3 Å². The highest BCUT2D eigenvalue weighted by Crippen LogP contribution is 2.06. The topological polar surface area (TPSA) is 67.4 Å². The Morgan fingerprint density at radius 3 is 1.94 bits per heavy atom. The molecule has 0 aliphatic carbocycles. The number of carbonyl (C=O) groups excluding carboxylic acids is 2. The largest absolute Gasteiger partial charge is 0.518 e. The third kappa shape index (κ3) is 8.29. The lowest BCUT2D eigenvalue weighted by molar-refractivity contribution is -0.137. The zero-order valence-corrected chi connectivity index (χ0v) is 14.5. The lowest BCUT2D eigenvalue weighted by Crippen LogP contribution is -2.54. The van der Waals surface area contributed by atoms with E-state index in [0.717, 1.165) is 0 Å². The van der Waals surface area contributed by atoms with Gasteiger partial charge in [0.1, 0.15) is 14.3 Å². The van der Waals surface area contributed by atoms with Crippen LogP contribution >= 0.6 is 0 Å². The van der Waals surface area contributed by atoms with Gasteiger partial charge in [-0.15, -0.1) is 0 Å². The van der Waals surface area contributed by atoms with E-state index in [4.69, 9.17) is 4.43 Å². The van der Waals surface area contributed by atoms with Crippen molar-refractivity contribution in [2.24, 2.45) is 0 Å². The average molecular weight is 291 g/mol. The van der Waals surface area contributed by atoms with Gasteiger partial charge < -0.3 is 14.7 Å². The van der Waals surface area contributed by atoms with E-state index in [1.54, 1.807) is 0 Å². The van der Waals surface area contributed by atoms with E-state index in [1.807, 2.05) is 46.2 Å². The van der Waals surface area contributed by atoms with Crippen molar-refractivity contribution in [2.45, 2.75) is 58.7 Å². The van der Waals surface area contributed by atoms with Gasteiger partial charge in [0.15, 0.2) is 0 Å². The predicted octanol–water partition coefficient (Wildman–Crippen LogP) is 2.28. The van der Waals surface area contributed by atoms with E-state index >= 15 is 0 Å². The second kappa shape index (κ2) is 6.37. The van der Waals surface area contributed by atoms with Crippen molar-refractivity contribution >= 4 is 28.6 Å². The number of urea groups is 1. The molecule has 2 amide bonds. The summed E-state index contributed by atoms with van der Waals surface area (Å²) in [5, 5.41) is 2.68. The minimum absolute atomic E-state index is 0.284. The molecule has 5 nitrogen and oxygen atoms in total. The van der Waals surface area contributed by atoms with Gasteiger partial charge in [-0.1, -0.05) is 26.6 Å². The first kappa shape index (κ1) is 17.2. The highest BCUT2D eigenvalue weighted by atomic mass is 28.4. The van der Waals surface area contributed by atoms with Crippen LogP contribution in [0.4, 0.5) is 4.79 Å². The number of rotatable bonds is 5. The third-order valence-corrected chi connectivity index (χ3v) is 3.68. The monoisotopic (exact) mass is 290 g/mol. The Labute approximate surface area is 112 Å². The molecule has 0 spiro atoms. The molecule has 0 heterocycles. The van der Waals surface area contributed by atoms with Gasteiger partial charge in [-0.05, 0) is 26.1 Å². The molecule has 2 N–H and O–H groups in total. The van der Waals surface area contributed by atoms with Crippen LogP contribution in [0, 0.1) is 0 Å². The van der Waals surface area contributed by atoms with Gasteiger partial charge in [-0.3, -0.25) is 4.79 Å². The molecule has 0 aliphatic heterocycles. The van der Waals surface area contributed by atoms with Crippen molar-refractivity contribution in [3.8, 4) is 0 Å². The van der Waals surface area contributed by atoms with Gasteiger partial charge in [-0.2, -0.15) is 0 Å². The molecule has 0 rings (SSSR count). The van der Waals surface area contributed by atoms with Crippen LogP contribution in [0.5, 0.6) is 0 Å². The van der Waals surface area contributed by atoms with Gasteiger partial charge in [0, 0.05) is 0 Å². The van der Waals surface area contributed by atoms with Gasteiger partial charge in [0.2, 0.25) is 8.32 Å². The lowest BCUT2D eigenvalue weighted by Gasteiger charge is -2.24. The van der Waals surface area contributed by atoms with E-state index in [-0.39, 0.29) is 12.0 Å². The molecule has 0 saturated heterocycles. The Kier molecular flexibility index (Phi) is 6.08. The van der Waals surface area contributed by atoms with Crippen LogP contribution in [0.15, 0.2) is 0 Å². The molecule has 0 aliphatic rings. The molecule has 0 radical (unpaired) electrons. The Morgan fingerprint density at radius 1 is 1.11 bits per heavy atom. The van der Waals surface area contributed by atoms with Gasteiger partial charge in [-0.25, -0.2) is 4.79 Å². The van der Waals surface area contributed by atoms with E-state index in [2.05, 4.69) is 10.3 Å². The molecule has 0 saturated carbocycles. The van der Waals surface area contributed by atoms with Crippen molar-refractivity contribution in [3.05, 3.63) is 0 Å². The van der Waals surface area contributed by atoms with E-state index < -0.39 is 22.6 Å². The third-order valence-electron chi connectivity index (χ3n) is 1.89. The normalized spacial score (nSPS) is 13.7. The van der Waals surface area contributed by atoms with Crippen LogP contribution in [0.1, 0.15) is 13.3 Å². The summed E-state index contributed by atoms with van der Waals surface area (Å²) in [6.07, 6.45) is 0.530. The molecular weight excluding hydrogens is 264 g/mol. The fourth-order valence-electron chi connectivity index (χ4n) is 1.24. The zero-order chi connectivity index (χ0) is 14.6. The summed E-state index contributed by atoms with van der Waals surface area (Å²) in [6, 6.07) is -0.846. The first-order valence-electron chi connectivity index (χ1n) is 6.26. The van der Waals surface area contributed by atoms with Crippen LogP contribution in [0.2, 0.25) is 39.3 Å². The first-order valence-corrected chi connectivity index (χ1v) is 13.2. The summed E-state index contributed by atoms with van der Waals surface area (Å²) in [6.45, 7) is 13.7. The van der Waals surface area contributed by atoms with Crippen LogP contribution in [-0.4, -0.2) is 34.6 Å². The van der Waals surface area contributed by atoms with Crippen LogP contribution in [0.25, 0.3) is 0 Å². The molecule has 1 atom stereocenters. The first-order chi connectivity index (χ1) is 7.94. The number of amides is 2. The second-order valence-corrected chi connectivity index (χ2v) is 15.5. The van der Waals surface area contributed by atoms with E-state index in [1.165, 1.54) is 0 Å². The second-order valence-electron chi connectivity index (χ2n) is 6.34. The predicted molar refractivity (Wildman–Crippen MR) is 78.5 cm³/mol. The fourth-order valence-corrected chi connectivity index (χ4v) is 2.73. The fraction of sp³-hybridized carbons (Fsp3) is 0.818. The molecule has 0 aromatic heterocycles. The minimum atomic E-state index is -1.91. The molecule has 106 valence electrons. The van der Waals surface area contributed by atoms with E-state index in [9.17, 15) is 9.59 Å². The number of hydrogen-bond donors (Lipinski definition) is 2. The van der Waals surface area contributed by atoms with Crippen molar-refractivity contribution in [2.75, 3.05) is 0 Å². The molecular formula is C11H26N2O3Si2. The van der Waals surface area contributed by atoms with Crippen LogP contribution in [0.3, 0.4) is 0 Å². The number of carbonyl (C=O) groups is 2. The van der Waals surface area contributed by atoms with Crippen LogP contribution in [-0.2, 0) is 9.22 Å². The number of hydrogen-bond acceptors (Lipinski definition) is 3. The van der Waals surface area contributed by atoms with Crippen molar-refractivity contribution in [1.82, 2.24) is 10.3 Å².